The first-order valence-electron chi connectivity index (χ1n) is 10.3. The van der Waals surface area contributed by atoms with E-state index in [9.17, 15) is 9.59 Å². The van der Waals surface area contributed by atoms with Crippen molar-refractivity contribution in [2.24, 2.45) is 13.0 Å². The highest BCUT2D eigenvalue weighted by Crippen LogP contribution is 2.25. The third kappa shape index (κ3) is 6.50. The third-order valence-corrected chi connectivity index (χ3v) is 6.67. The lowest BCUT2D eigenvalue weighted by Gasteiger charge is -2.21. The van der Waals surface area contributed by atoms with E-state index in [1.807, 2.05) is 33.9 Å². The van der Waals surface area contributed by atoms with E-state index < -0.39 is 0 Å². The average molecular weight is 506 g/mol. The van der Waals surface area contributed by atoms with Gasteiger partial charge in [0.05, 0.1) is 11.8 Å². The summed E-state index contributed by atoms with van der Waals surface area (Å²) in [6.45, 7) is 5.89. The van der Waals surface area contributed by atoms with Gasteiger partial charge in [-0.1, -0.05) is 54.9 Å². The summed E-state index contributed by atoms with van der Waals surface area (Å²) >= 11 is 13.3. The van der Waals surface area contributed by atoms with Gasteiger partial charge in [0.2, 0.25) is 5.91 Å². The SMILES string of the molecule is Cc1ccc(NC(=O)CSc2nnc([C@H](NC(=O)c3ccc(Cl)cc3)C(C)C)n2C)cc1Cl. The Balaban J connectivity index is 1.65. The van der Waals surface area contributed by atoms with E-state index in [0.29, 0.717) is 32.3 Å². The molecule has 0 radical (unpaired) electrons. The zero-order valence-electron chi connectivity index (χ0n) is 18.7. The number of nitrogens with one attached hydrogen (secondary N) is 2. The van der Waals surface area contributed by atoms with Gasteiger partial charge in [0.15, 0.2) is 11.0 Å². The van der Waals surface area contributed by atoms with Crippen molar-refractivity contribution in [1.82, 2.24) is 20.1 Å². The van der Waals surface area contributed by atoms with Gasteiger partial charge in [-0.05, 0) is 54.8 Å². The van der Waals surface area contributed by atoms with Crippen LogP contribution in [-0.4, -0.2) is 32.3 Å². The number of rotatable bonds is 8. The van der Waals surface area contributed by atoms with Crippen molar-refractivity contribution in [2.45, 2.75) is 32.0 Å². The van der Waals surface area contributed by atoms with Crippen LogP contribution >= 0.6 is 35.0 Å². The molecule has 7 nitrogen and oxygen atoms in total. The number of aryl methyl sites for hydroxylation is 1. The Bertz CT molecular complexity index is 1150. The van der Waals surface area contributed by atoms with E-state index in [0.717, 1.165) is 5.56 Å². The van der Waals surface area contributed by atoms with E-state index in [1.54, 1.807) is 41.0 Å². The third-order valence-electron chi connectivity index (χ3n) is 4.99. The molecule has 2 amide bonds. The number of halogens is 2. The number of nitrogens with zero attached hydrogens (tertiary/aromatic N) is 3. The second-order valence-electron chi connectivity index (χ2n) is 7.90. The summed E-state index contributed by atoms with van der Waals surface area (Å²) in [6.07, 6.45) is 0. The van der Waals surface area contributed by atoms with Crippen molar-refractivity contribution in [1.29, 1.82) is 0 Å². The smallest absolute Gasteiger partial charge is 0.251 e. The van der Waals surface area contributed by atoms with Crippen LogP contribution in [0, 0.1) is 12.8 Å². The van der Waals surface area contributed by atoms with Crippen LogP contribution in [0.5, 0.6) is 0 Å². The molecule has 1 aromatic heterocycles. The van der Waals surface area contributed by atoms with Crippen LogP contribution in [0.25, 0.3) is 0 Å². The van der Waals surface area contributed by atoms with Crippen LogP contribution in [0.4, 0.5) is 5.69 Å². The van der Waals surface area contributed by atoms with Crippen molar-refractivity contribution >= 4 is 52.5 Å². The van der Waals surface area contributed by atoms with E-state index in [4.69, 9.17) is 23.2 Å². The summed E-state index contributed by atoms with van der Waals surface area (Å²) in [4.78, 5) is 25.1. The predicted octanol–water partition coefficient (Wildman–Crippen LogP) is 5.29. The molecule has 0 saturated heterocycles. The summed E-state index contributed by atoms with van der Waals surface area (Å²) in [5.41, 5.74) is 2.09. The molecule has 0 saturated carbocycles. The number of carbonyl (C=O) groups is 2. The minimum absolute atomic E-state index is 0.0663. The standard InChI is InChI=1S/C23H25Cl2N5O2S/c1-13(2)20(27-22(32)15-6-8-16(24)9-7-15)21-28-29-23(30(21)4)33-12-19(31)26-17-10-5-14(3)18(25)11-17/h5-11,13,20H,12H2,1-4H3,(H,26,31)(H,27,32)/t20-/m1/s1. The number of thioether (sulfide) groups is 1. The first-order chi connectivity index (χ1) is 15.7. The fraction of sp³-hybridized carbons (Fsp3) is 0.304. The Hall–Kier alpha value is -2.55. The Morgan fingerprint density at radius 3 is 2.42 bits per heavy atom. The molecule has 0 fully saturated rings. The summed E-state index contributed by atoms with van der Waals surface area (Å²) in [5, 5.41) is 16.1. The van der Waals surface area contributed by atoms with Crippen LogP contribution in [0.3, 0.4) is 0 Å². The van der Waals surface area contributed by atoms with Gasteiger partial charge in [-0.25, -0.2) is 0 Å². The molecule has 0 aliphatic rings. The van der Waals surface area contributed by atoms with Gasteiger partial charge < -0.3 is 15.2 Å². The number of carbonyl (C=O) groups excluding carboxylic acids is 2. The van der Waals surface area contributed by atoms with Crippen LogP contribution in [0.2, 0.25) is 10.0 Å². The van der Waals surface area contributed by atoms with Gasteiger partial charge in [-0.15, -0.1) is 10.2 Å². The van der Waals surface area contributed by atoms with Crippen molar-refractivity contribution in [2.75, 3.05) is 11.1 Å². The van der Waals surface area contributed by atoms with Gasteiger partial charge in [-0.3, -0.25) is 9.59 Å². The Labute approximate surface area is 207 Å². The molecule has 0 unspecified atom stereocenters. The van der Waals surface area contributed by atoms with Gasteiger partial charge in [-0.2, -0.15) is 0 Å². The second kappa shape index (κ2) is 11.0. The zero-order valence-corrected chi connectivity index (χ0v) is 21.1. The van der Waals surface area contributed by atoms with Crippen molar-refractivity contribution in [3.8, 4) is 0 Å². The Kier molecular flexibility index (Phi) is 8.40. The molecule has 3 rings (SSSR count). The molecule has 2 aromatic carbocycles. The minimum atomic E-state index is -0.358. The van der Waals surface area contributed by atoms with Crippen molar-refractivity contribution < 1.29 is 9.59 Å². The summed E-state index contributed by atoms with van der Waals surface area (Å²) in [7, 11) is 1.82. The molecule has 0 aliphatic carbocycles. The van der Waals surface area contributed by atoms with E-state index in [1.165, 1.54) is 11.8 Å². The molecule has 1 heterocycles. The van der Waals surface area contributed by atoms with Crippen LogP contribution < -0.4 is 10.6 Å². The molecule has 3 aromatic rings. The van der Waals surface area contributed by atoms with Crippen LogP contribution in [0.15, 0.2) is 47.6 Å². The summed E-state index contributed by atoms with van der Waals surface area (Å²) in [6, 6.07) is 11.7. The van der Waals surface area contributed by atoms with Gasteiger partial charge in [0.25, 0.3) is 5.91 Å². The molecular formula is C23H25Cl2N5O2S. The van der Waals surface area contributed by atoms with E-state index >= 15 is 0 Å². The highest BCUT2D eigenvalue weighted by atomic mass is 35.5. The Morgan fingerprint density at radius 1 is 1.09 bits per heavy atom. The molecule has 174 valence electrons. The monoisotopic (exact) mass is 505 g/mol. The number of hydrogen-bond acceptors (Lipinski definition) is 5. The lowest BCUT2D eigenvalue weighted by Crippen LogP contribution is -2.33. The molecule has 10 heteroatoms. The largest absolute Gasteiger partial charge is 0.342 e. The average Bonchev–Trinajstić information content (AvgIpc) is 3.13. The molecule has 0 aliphatic heterocycles. The molecule has 0 bridgehead atoms. The fourth-order valence-corrected chi connectivity index (χ4v) is 4.10. The van der Waals surface area contributed by atoms with Crippen molar-refractivity contribution in [3.05, 3.63) is 69.5 Å². The van der Waals surface area contributed by atoms with E-state index in [2.05, 4.69) is 20.8 Å². The lowest BCUT2D eigenvalue weighted by molar-refractivity contribution is -0.113. The maximum absolute atomic E-state index is 12.7. The summed E-state index contributed by atoms with van der Waals surface area (Å²) in [5.74, 6) is 0.428. The topological polar surface area (TPSA) is 88.9 Å². The minimum Gasteiger partial charge on any atom is -0.342 e. The number of aromatic nitrogens is 3. The molecule has 0 spiro atoms. The number of amides is 2. The predicted molar refractivity (Wildman–Crippen MR) is 133 cm³/mol. The molecule has 1 atom stereocenters. The second-order valence-corrected chi connectivity index (χ2v) is 9.69. The van der Waals surface area contributed by atoms with Gasteiger partial charge in [0, 0.05) is 28.3 Å². The number of anilines is 1. The van der Waals surface area contributed by atoms with Gasteiger partial charge in [0.1, 0.15) is 0 Å². The first-order valence-corrected chi connectivity index (χ1v) is 12.0. The number of hydrogen-bond donors (Lipinski definition) is 2. The molecule has 2 N–H and O–H groups in total. The molecule has 33 heavy (non-hydrogen) atoms. The number of benzene rings is 2. The molecular weight excluding hydrogens is 481 g/mol. The fourth-order valence-electron chi connectivity index (χ4n) is 3.08. The maximum Gasteiger partial charge on any atom is 0.251 e. The highest BCUT2D eigenvalue weighted by Gasteiger charge is 2.25. The van der Waals surface area contributed by atoms with Crippen LogP contribution in [0.1, 0.15) is 41.6 Å². The zero-order chi connectivity index (χ0) is 24.1. The summed E-state index contributed by atoms with van der Waals surface area (Å²) < 4.78 is 1.80. The maximum atomic E-state index is 12.7. The quantitative estimate of drug-likeness (QED) is 0.406. The first kappa shape index (κ1) is 25.1. The Morgan fingerprint density at radius 2 is 1.79 bits per heavy atom. The van der Waals surface area contributed by atoms with E-state index in [-0.39, 0.29) is 29.5 Å². The normalized spacial score (nSPS) is 12.0. The highest BCUT2D eigenvalue weighted by molar-refractivity contribution is 7.99. The van der Waals surface area contributed by atoms with Gasteiger partial charge >= 0.3 is 0 Å². The van der Waals surface area contributed by atoms with Crippen molar-refractivity contribution in [3.63, 3.8) is 0 Å². The van der Waals surface area contributed by atoms with Crippen LogP contribution in [-0.2, 0) is 11.8 Å². The lowest BCUT2D eigenvalue weighted by atomic mass is 10.0.